The van der Waals surface area contributed by atoms with Crippen LogP contribution in [0, 0.1) is 5.82 Å². The summed E-state index contributed by atoms with van der Waals surface area (Å²) in [6.07, 6.45) is 1.21. The molecule has 1 atom stereocenters. The van der Waals surface area contributed by atoms with Crippen LogP contribution >= 0.6 is 0 Å². The van der Waals surface area contributed by atoms with Crippen LogP contribution in [0.5, 0.6) is 0 Å². The second-order valence-electron chi connectivity index (χ2n) is 3.95. The Balaban J connectivity index is 2.92. The number of rotatable bonds is 6. The topological polar surface area (TPSA) is 92.4 Å². The highest BCUT2D eigenvalue weighted by molar-refractivity contribution is 7.89. The Morgan fingerprint density at radius 3 is 2.61 bits per heavy atom. The first-order chi connectivity index (χ1) is 8.38. The van der Waals surface area contributed by atoms with Crippen LogP contribution in [0.3, 0.4) is 0 Å². The van der Waals surface area contributed by atoms with E-state index >= 15 is 0 Å². The van der Waals surface area contributed by atoms with Gasteiger partial charge in [-0.15, -0.1) is 0 Å². The lowest BCUT2D eigenvalue weighted by Crippen LogP contribution is -2.21. The van der Waals surface area contributed by atoms with Crippen molar-refractivity contribution in [1.82, 2.24) is 0 Å². The molecule has 0 aromatic heterocycles. The van der Waals surface area contributed by atoms with E-state index in [0.29, 0.717) is 6.42 Å². The van der Waals surface area contributed by atoms with Crippen LogP contribution in [0.2, 0.25) is 0 Å². The molecule has 102 valence electrons. The van der Waals surface area contributed by atoms with E-state index in [0.717, 1.165) is 12.5 Å². The van der Waals surface area contributed by atoms with Gasteiger partial charge in [0.25, 0.3) is 0 Å². The van der Waals surface area contributed by atoms with Gasteiger partial charge in [-0.2, -0.15) is 0 Å². The zero-order valence-corrected chi connectivity index (χ0v) is 10.9. The van der Waals surface area contributed by atoms with E-state index in [4.69, 9.17) is 10.2 Å². The smallest absolute Gasteiger partial charge is 0.238 e. The van der Waals surface area contributed by atoms with Crippen molar-refractivity contribution < 1.29 is 17.9 Å². The standard InChI is InChI=1S/C11H17FN2O3S/c1-2-8(5-6-15)14-11-4-3-9(7-10(11)12)18(13,16)17/h3-4,7-8,14-15H,2,5-6H2,1H3,(H2,13,16,17). The number of sulfonamides is 1. The highest BCUT2D eigenvalue weighted by Crippen LogP contribution is 2.20. The molecule has 0 bridgehead atoms. The van der Waals surface area contributed by atoms with Crippen LogP contribution in [-0.2, 0) is 10.0 Å². The second-order valence-corrected chi connectivity index (χ2v) is 5.51. The molecule has 0 spiro atoms. The molecule has 4 N–H and O–H groups in total. The third-order valence-corrected chi connectivity index (χ3v) is 3.51. The zero-order valence-electron chi connectivity index (χ0n) is 10.1. The van der Waals surface area contributed by atoms with Gasteiger partial charge in [0.05, 0.1) is 10.6 Å². The average molecular weight is 276 g/mol. The highest BCUT2D eigenvalue weighted by atomic mass is 32.2. The molecule has 1 rings (SSSR count). The van der Waals surface area contributed by atoms with Gasteiger partial charge in [-0.3, -0.25) is 0 Å². The molecular formula is C11H17FN2O3S. The molecule has 0 aliphatic rings. The fraction of sp³-hybridized carbons (Fsp3) is 0.455. The van der Waals surface area contributed by atoms with Gasteiger partial charge in [0.2, 0.25) is 10.0 Å². The van der Waals surface area contributed by atoms with Gasteiger partial charge in [0.15, 0.2) is 0 Å². The van der Waals surface area contributed by atoms with Gasteiger partial charge in [0.1, 0.15) is 5.82 Å². The minimum atomic E-state index is -3.89. The van der Waals surface area contributed by atoms with Gasteiger partial charge in [0, 0.05) is 12.6 Å². The van der Waals surface area contributed by atoms with E-state index in [9.17, 15) is 12.8 Å². The van der Waals surface area contributed by atoms with Crippen molar-refractivity contribution >= 4 is 15.7 Å². The number of nitrogens with one attached hydrogen (secondary N) is 1. The summed E-state index contributed by atoms with van der Waals surface area (Å²) in [5.74, 6) is -0.682. The molecule has 0 radical (unpaired) electrons. The number of halogens is 1. The molecule has 7 heteroatoms. The minimum absolute atomic E-state index is 0.00237. The maximum atomic E-state index is 13.7. The number of hydrogen-bond acceptors (Lipinski definition) is 4. The van der Waals surface area contributed by atoms with Gasteiger partial charge >= 0.3 is 0 Å². The highest BCUT2D eigenvalue weighted by Gasteiger charge is 2.13. The molecule has 18 heavy (non-hydrogen) atoms. The molecule has 0 aliphatic carbocycles. The minimum Gasteiger partial charge on any atom is -0.396 e. The van der Waals surface area contributed by atoms with Gasteiger partial charge in [-0.1, -0.05) is 6.92 Å². The third-order valence-electron chi connectivity index (χ3n) is 2.60. The van der Waals surface area contributed by atoms with Gasteiger partial charge < -0.3 is 10.4 Å². The Morgan fingerprint density at radius 1 is 1.50 bits per heavy atom. The normalized spacial score (nSPS) is 13.3. The molecule has 1 unspecified atom stereocenters. The number of aliphatic hydroxyl groups is 1. The van der Waals surface area contributed by atoms with Crippen LogP contribution in [-0.4, -0.2) is 26.2 Å². The van der Waals surface area contributed by atoms with E-state index < -0.39 is 15.8 Å². The van der Waals surface area contributed by atoms with Crippen molar-refractivity contribution in [3.63, 3.8) is 0 Å². The Hall–Kier alpha value is -1.18. The molecule has 0 amide bonds. The van der Waals surface area contributed by atoms with Crippen molar-refractivity contribution in [1.29, 1.82) is 0 Å². The predicted molar refractivity (Wildman–Crippen MR) is 67.2 cm³/mol. The third kappa shape index (κ3) is 3.94. The Labute approximate surface area is 106 Å². The van der Waals surface area contributed by atoms with Crippen LogP contribution in [0.15, 0.2) is 23.1 Å². The van der Waals surface area contributed by atoms with Crippen molar-refractivity contribution in [3.8, 4) is 0 Å². The Kier molecular flexibility index (Phi) is 5.06. The summed E-state index contributed by atoms with van der Waals surface area (Å²) in [7, 11) is -3.89. The number of hydrogen-bond donors (Lipinski definition) is 3. The van der Waals surface area contributed by atoms with E-state index in [2.05, 4.69) is 5.32 Å². The van der Waals surface area contributed by atoms with Crippen LogP contribution < -0.4 is 10.5 Å². The van der Waals surface area contributed by atoms with Crippen molar-refractivity contribution in [2.75, 3.05) is 11.9 Å². The number of anilines is 1. The first-order valence-corrected chi connectivity index (χ1v) is 7.13. The molecule has 0 heterocycles. The molecule has 0 saturated heterocycles. The van der Waals surface area contributed by atoms with E-state index in [1.54, 1.807) is 0 Å². The van der Waals surface area contributed by atoms with E-state index in [1.165, 1.54) is 12.1 Å². The quantitative estimate of drug-likeness (QED) is 0.724. The van der Waals surface area contributed by atoms with E-state index in [-0.39, 0.29) is 23.2 Å². The number of aliphatic hydroxyl groups excluding tert-OH is 1. The summed E-state index contributed by atoms with van der Waals surface area (Å²) in [5, 5.41) is 16.6. The molecule has 1 aromatic rings. The summed E-state index contributed by atoms with van der Waals surface area (Å²) in [5.41, 5.74) is 0.197. The largest absolute Gasteiger partial charge is 0.396 e. The summed E-state index contributed by atoms with van der Waals surface area (Å²) in [4.78, 5) is -0.263. The zero-order chi connectivity index (χ0) is 13.8. The molecule has 5 nitrogen and oxygen atoms in total. The maximum absolute atomic E-state index is 13.7. The fourth-order valence-corrected chi connectivity index (χ4v) is 2.07. The van der Waals surface area contributed by atoms with Crippen LogP contribution in [0.1, 0.15) is 19.8 Å². The lowest BCUT2D eigenvalue weighted by Gasteiger charge is -2.17. The lowest BCUT2D eigenvalue weighted by atomic mass is 10.1. The number of primary sulfonamides is 1. The number of benzene rings is 1. The molecule has 0 fully saturated rings. The van der Waals surface area contributed by atoms with E-state index in [1.807, 2.05) is 6.92 Å². The number of nitrogens with two attached hydrogens (primary N) is 1. The molecule has 0 aliphatic heterocycles. The Morgan fingerprint density at radius 2 is 2.17 bits per heavy atom. The summed E-state index contributed by atoms with van der Waals surface area (Å²) >= 11 is 0. The maximum Gasteiger partial charge on any atom is 0.238 e. The first-order valence-electron chi connectivity index (χ1n) is 5.58. The fourth-order valence-electron chi connectivity index (χ4n) is 1.54. The molecule has 1 aromatic carbocycles. The summed E-state index contributed by atoms with van der Waals surface area (Å²) in [6, 6.07) is 3.38. The summed E-state index contributed by atoms with van der Waals surface area (Å²) in [6.45, 7) is 1.91. The van der Waals surface area contributed by atoms with Crippen molar-refractivity contribution in [2.45, 2.75) is 30.7 Å². The lowest BCUT2D eigenvalue weighted by molar-refractivity contribution is 0.278. The monoisotopic (exact) mass is 276 g/mol. The van der Waals surface area contributed by atoms with Gasteiger partial charge in [-0.25, -0.2) is 17.9 Å². The molecule has 0 saturated carbocycles. The Bertz CT molecular complexity index is 505. The predicted octanol–water partition coefficient (Wildman–Crippen LogP) is 1.05. The van der Waals surface area contributed by atoms with Crippen molar-refractivity contribution in [3.05, 3.63) is 24.0 Å². The second kappa shape index (κ2) is 6.12. The van der Waals surface area contributed by atoms with Crippen LogP contribution in [0.25, 0.3) is 0 Å². The van der Waals surface area contributed by atoms with Crippen LogP contribution in [0.4, 0.5) is 10.1 Å². The summed E-state index contributed by atoms with van der Waals surface area (Å²) < 4.78 is 35.7. The molecular weight excluding hydrogens is 259 g/mol. The SMILES string of the molecule is CCC(CCO)Nc1ccc(S(N)(=O)=O)cc1F. The van der Waals surface area contributed by atoms with Gasteiger partial charge in [-0.05, 0) is 31.0 Å². The average Bonchev–Trinajstić information content (AvgIpc) is 2.29. The first kappa shape index (κ1) is 14.9. The van der Waals surface area contributed by atoms with Crippen molar-refractivity contribution in [2.24, 2.45) is 5.14 Å².